The van der Waals surface area contributed by atoms with Crippen LogP contribution in [0, 0.1) is 12.7 Å². The standard InChI is InChI=1S/C32H35ClF3N7O2/c1-7-24(44)42-13-19(4)43(14-18(42)3)30-22-10-23(33)26(25-17(2)8-9-20-12-37-41(6)29(20)25)27(34)28(22)38-31(39-30)45-15-21-11-32(35,36)16-40(21)5/h7-10,12,18-19,21H,1,11,13-16H2,2-6H3/t18-,19+,21?/m1/s1. The maximum Gasteiger partial charge on any atom is 0.319 e. The summed E-state index contributed by atoms with van der Waals surface area (Å²) in [5.41, 5.74) is 2.27. The van der Waals surface area contributed by atoms with E-state index in [4.69, 9.17) is 21.3 Å². The molecule has 4 aromatic rings. The number of alkyl halides is 2. The molecule has 2 aromatic heterocycles. The predicted molar refractivity (Wildman–Crippen MR) is 169 cm³/mol. The monoisotopic (exact) mass is 641 g/mol. The average Bonchev–Trinajstić information content (AvgIpc) is 3.49. The summed E-state index contributed by atoms with van der Waals surface area (Å²) in [6, 6.07) is 4.35. The van der Waals surface area contributed by atoms with Crippen LogP contribution in [-0.2, 0) is 11.8 Å². The molecule has 0 spiro atoms. The number of hydrogen-bond donors (Lipinski definition) is 0. The quantitative estimate of drug-likeness (QED) is 0.253. The molecular weight excluding hydrogens is 607 g/mol. The van der Waals surface area contributed by atoms with Crippen LogP contribution in [0.2, 0.25) is 5.02 Å². The Balaban J connectivity index is 1.51. The number of halogens is 4. The Morgan fingerprint density at radius 3 is 2.62 bits per heavy atom. The van der Waals surface area contributed by atoms with Crippen LogP contribution in [0.5, 0.6) is 6.01 Å². The maximum absolute atomic E-state index is 16.9. The van der Waals surface area contributed by atoms with E-state index >= 15 is 4.39 Å². The number of aromatic nitrogens is 4. The van der Waals surface area contributed by atoms with E-state index in [0.717, 1.165) is 16.5 Å². The number of ether oxygens (including phenoxy) is 1. The molecule has 2 saturated heterocycles. The molecule has 13 heteroatoms. The van der Waals surface area contributed by atoms with Gasteiger partial charge in [0.1, 0.15) is 17.9 Å². The van der Waals surface area contributed by atoms with Gasteiger partial charge in [-0.25, -0.2) is 13.2 Å². The molecule has 0 N–H and O–H groups in total. The zero-order valence-corrected chi connectivity index (χ0v) is 26.6. The summed E-state index contributed by atoms with van der Waals surface area (Å²) in [5.74, 6) is -3.28. The molecule has 2 aliphatic heterocycles. The van der Waals surface area contributed by atoms with Crippen LogP contribution in [0.4, 0.5) is 19.0 Å². The van der Waals surface area contributed by atoms with Gasteiger partial charge in [-0.1, -0.05) is 30.3 Å². The summed E-state index contributed by atoms with van der Waals surface area (Å²) < 4.78 is 52.7. The van der Waals surface area contributed by atoms with E-state index in [1.165, 1.54) is 11.0 Å². The van der Waals surface area contributed by atoms with Gasteiger partial charge in [0.2, 0.25) is 5.91 Å². The van der Waals surface area contributed by atoms with Gasteiger partial charge in [0.15, 0.2) is 5.82 Å². The zero-order valence-electron chi connectivity index (χ0n) is 25.8. The minimum atomic E-state index is -2.82. The summed E-state index contributed by atoms with van der Waals surface area (Å²) in [7, 11) is 3.40. The van der Waals surface area contributed by atoms with E-state index < -0.39 is 17.8 Å². The van der Waals surface area contributed by atoms with Crippen LogP contribution in [-0.4, -0.2) is 92.8 Å². The minimum absolute atomic E-state index is 0.0115. The Bertz CT molecular complexity index is 1830. The van der Waals surface area contributed by atoms with Gasteiger partial charge in [0.05, 0.1) is 23.3 Å². The average molecular weight is 642 g/mol. The number of benzene rings is 2. The summed E-state index contributed by atoms with van der Waals surface area (Å²) in [6.45, 7) is 9.65. The van der Waals surface area contributed by atoms with E-state index in [9.17, 15) is 13.6 Å². The van der Waals surface area contributed by atoms with Gasteiger partial charge >= 0.3 is 6.01 Å². The first kappa shape index (κ1) is 31.1. The molecule has 0 radical (unpaired) electrons. The number of aryl methyl sites for hydroxylation is 2. The lowest BCUT2D eigenvalue weighted by Gasteiger charge is -2.44. The molecule has 238 valence electrons. The predicted octanol–water partition coefficient (Wildman–Crippen LogP) is 5.61. The number of carbonyl (C=O) groups excluding carboxylic acids is 1. The van der Waals surface area contributed by atoms with Crippen molar-refractivity contribution in [2.45, 2.75) is 51.2 Å². The van der Waals surface area contributed by atoms with Crippen molar-refractivity contribution in [1.82, 2.24) is 29.5 Å². The molecule has 0 bridgehead atoms. The van der Waals surface area contributed by atoms with Gasteiger partial charge in [-0.15, -0.1) is 0 Å². The Hall–Kier alpha value is -3.90. The topological polar surface area (TPSA) is 79.6 Å². The largest absolute Gasteiger partial charge is 0.462 e. The smallest absolute Gasteiger partial charge is 0.319 e. The molecule has 1 amide bonds. The van der Waals surface area contributed by atoms with Crippen molar-refractivity contribution in [3.63, 3.8) is 0 Å². The Labute approximate surface area is 264 Å². The number of nitrogens with zero attached hydrogens (tertiary/aromatic N) is 7. The SMILES string of the molecule is C=CC(=O)N1C[C@H](C)N(c2nc(OCC3CC(F)(F)CN3C)nc3c(F)c(-c4c(C)ccc5cnn(C)c45)c(Cl)cc23)C[C@H]1C. The van der Waals surface area contributed by atoms with Gasteiger partial charge < -0.3 is 14.5 Å². The van der Waals surface area contributed by atoms with Gasteiger partial charge in [0, 0.05) is 66.6 Å². The number of amides is 1. The number of hydrogen-bond acceptors (Lipinski definition) is 7. The Morgan fingerprint density at radius 2 is 1.93 bits per heavy atom. The van der Waals surface area contributed by atoms with Crippen LogP contribution in [0.25, 0.3) is 32.9 Å². The van der Waals surface area contributed by atoms with E-state index in [0.29, 0.717) is 29.9 Å². The summed E-state index contributed by atoms with van der Waals surface area (Å²) >= 11 is 6.91. The third kappa shape index (κ3) is 5.48. The second-order valence-corrected chi connectivity index (χ2v) is 12.6. The van der Waals surface area contributed by atoms with Gasteiger partial charge in [0.25, 0.3) is 5.92 Å². The first-order valence-corrected chi connectivity index (χ1v) is 15.2. The highest BCUT2D eigenvalue weighted by molar-refractivity contribution is 6.35. The maximum atomic E-state index is 16.9. The van der Waals surface area contributed by atoms with Gasteiger partial charge in [-0.3, -0.25) is 14.4 Å². The molecule has 3 atom stereocenters. The molecule has 2 aliphatic rings. The zero-order chi connectivity index (χ0) is 32.4. The number of fused-ring (bicyclic) bond motifs is 2. The second-order valence-electron chi connectivity index (χ2n) is 12.2. The highest BCUT2D eigenvalue weighted by Gasteiger charge is 2.43. The lowest BCUT2D eigenvalue weighted by molar-refractivity contribution is -0.128. The van der Waals surface area contributed by atoms with Gasteiger partial charge in [-0.2, -0.15) is 15.1 Å². The lowest BCUT2D eigenvalue weighted by atomic mass is 9.96. The number of carbonyl (C=O) groups is 1. The first-order valence-electron chi connectivity index (χ1n) is 14.8. The fourth-order valence-electron chi connectivity index (χ4n) is 6.62. The molecule has 1 unspecified atom stereocenters. The summed E-state index contributed by atoms with van der Waals surface area (Å²) in [5, 5.41) is 5.73. The Kier molecular flexibility index (Phi) is 7.93. The molecule has 0 aliphatic carbocycles. The fraction of sp³-hybridized carbons (Fsp3) is 0.438. The third-order valence-corrected chi connectivity index (χ3v) is 9.26. The molecular formula is C32H35ClF3N7O2. The van der Waals surface area contributed by atoms with E-state index in [2.05, 4.69) is 16.7 Å². The van der Waals surface area contributed by atoms with E-state index in [1.54, 1.807) is 35.9 Å². The molecule has 45 heavy (non-hydrogen) atoms. The minimum Gasteiger partial charge on any atom is -0.462 e. The Morgan fingerprint density at radius 1 is 1.18 bits per heavy atom. The van der Waals surface area contributed by atoms with Crippen molar-refractivity contribution < 1.29 is 22.7 Å². The van der Waals surface area contributed by atoms with Crippen LogP contribution < -0.4 is 9.64 Å². The third-order valence-electron chi connectivity index (χ3n) is 8.96. The van der Waals surface area contributed by atoms with E-state index in [-0.39, 0.29) is 59.7 Å². The molecule has 2 aromatic carbocycles. The van der Waals surface area contributed by atoms with Crippen molar-refractivity contribution in [2.75, 3.05) is 38.2 Å². The number of likely N-dealkylation sites (N-methyl/N-ethyl adjacent to an activating group) is 1. The number of rotatable bonds is 6. The van der Waals surface area contributed by atoms with Crippen LogP contribution in [0.15, 0.2) is 37.1 Å². The normalized spacial score (nSPS) is 22.0. The van der Waals surface area contributed by atoms with Crippen molar-refractivity contribution in [3.8, 4) is 17.1 Å². The van der Waals surface area contributed by atoms with Crippen molar-refractivity contribution in [1.29, 1.82) is 0 Å². The molecule has 6 rings (SSSR count). The van der Waals surface area contributed by atoms with Crippen molar-refractivity contribution in [3.05, 3.63) is 53.5 Å². The molecule has 0 saturated carbocycles. The fourth-order valence-corrected chi connectivity index (χ4v) is 6.90. The molecule has 2 fully saturated rings. The van der Waals surface area contributed by atoms with Crippen LogP contribution in [0.3, 0.4) is 0 Å². The lowest BCUT2D eigenvalue weighted by Crippen LogP contribution is -2.58. The highest BCUT2D eigenvalue weighted by atomic mass is 35.5. The van der Waals surface area contributed by atoms with Crippen LogP contribution >= 0.6 is 11.6 Å². The number of piperazine rings is 1. The van der Waals surface area contributed by atoms with Crippen molar-refractivity contribution >= 4 is 45.1 Å². The summed E-state index contributed by atoms with van der Waals surface area (Å²) in [6.07, 6.45) is 2.63. The van der Waals surface area contributed by atoms with Crippen LogP contribution in [0.1, 0.15) is 25.8 Å². The van der Waals surface area contributed by atoms with Gasteiger partial charge in [-0.05, 0) is 45.5 Å². The first-order chi connectivity index (χ1) is 21.3. The molecule has 4 heterocycles. The second kappa shape index (κ2) is 11.5. The van der Waals surface area contributed by atoms with Crippen molar-refractivity contribution in [2.24, 2.45) is 7.05 Å². The molecule has 9 nitrogen and oxygen atoms in total. The number of likely N-dealkylation sites (tertiary alicyclic amines) is 1. The summed E-state index contributed by atoms with van der Waals surface area (Å²) in [4.78, 5) is 27.0. The highest BCUT2D eigenvalue weighted by Crippen LogP contribution is 2.43. The number of anilines is 1. The van der Waals surface area contributed by atoms with E-state index in [1.807, 2.05) is 37.8 Å².